The zero-order valence-corrected chi connectivity index (χ0v) is 9.75. The van der Waals surface area contributed by atoms with Gasteiger partial charge in [0.2, 0.25) is 0 Å². The van der Waals surface area contributed by atoms with Gasteiger partial charge in [-0.1, -0.05) is 13.8 Å². The second-order valence-electron chi connectivity index (χ2n) is 3.25. The fourth-order valence-electron chi connectivity index (χ4n) is 1.29. The van der Waals surface area contributed by atoms with Crippen molar-refractivity contribution in [1.29, 1.82) is 0 Å². The van der Waals surface area contributed by atoms with Crippen molar-refractivity contribution >= 4 is 5.90 Å². The Balaban J connectivity index is 0.000001000. The highest BCUT2D eigenvalue weighted by atomic mass is 127. The summed E-state index contributed by atoms with van der Waals surface area (Å²) in [6.07, 6.45) is 0. The minimum atomic E-state index is 0. The third-order valence-corrected chi connectivity index (χ3v) is 2.23. The number of likely N-dealkylation sites (N-methyl/N-ethyl adjacent to an activating group) is 1. The summed E-state index contributed by atoms with van der Waals surface area (Å²) in [6.45, 7) is 7.33. The summed E-state index contributed by atoms with van der Waals surface area (Å²) >= 11 is 0. The molecule has 1 rings (SSSR count). The molecule has 66 valence electrons. The van der Waals surface area contributed by atoms with Crippen molar-refractivity contribution in [3.05, 3.63) is 0 Å². The molecule has 0 unspecified atom stereocenters. The maximum atomic E-state index is 5.38. The van der Waals surface area contributed by atoms with Gasteiger partial charge in [0, 0.05) is 5.92 Å². The molecule has 1 aliphatic rings. The zero-order chi connectivity index (χ0) is 7.72. The van der Waals surface area contributed by atoms with Crippen LogP contribution in [0, 0.1) is 5.92 Å². The van der Waals surface area contributed by atoms with Crippen LogP contribution in [0.1, 0.15) is 20.8 Å². The van der Waals surface area contributed by atoms with Gasteiger partial charge in [-0.05, 0) is 0 Å². The molecular weight excluding hydrogens is 253 g/mol. The Hall–Kier alpha value is 0.200. The van der Waals surface area contributed by atoms with Crippen molar-refractivity contribution in [2.75, 3.05) is 13.7 Å². The van der Waals surface area contributed by atoms with E-state index in [0.717, 1.165) is 12.5 Å². The number of halogens is 1. The molecule has 0 aromatic rings. The lowest BCUT2D eigenvalue weighted by Crippen LogP contribution is -3.00. The van der Waals surface area contributed by atoms with Crippen LogP contribution in [-0.4, -0.2) is 30.2 Å². The second kappa shape index (κ2) is 4.28. The topological polar surface area (TPSA) is 12.2 Å². The largest absolute Gasteiger partial charge is 1.00 e. The maximum absolute atomic E-state index is 5.38. The summed E-state index contributed by atoms with van der Waals surface area (Å²) in [7, 11) is 2.09. The number of ether oxygens (including phenoxy) is 1. The van der Waals surface area contributed by atoms with Crippen molar-refractivity contribution < 1.29 is 33.3 Å². The van der Waals surface area contributed by atoms with Crippen LogP contribution in [-0.2, 0) is 4.74 Å². The van der Waals surface area contributed by atoms with Gasteiger partial charge in [0.25, 0.3) is 0 Å². The third-order valence-electron chi connectivity index (χ3n) is 2.23. The summed E-state index contributed by atoms with van der Waals surface area (Å²) in [4.78, 5) is 0. The zero-order valence-electron chi connectivity index (χ0n) is 7.60. The van der Waals surface area contributed by atoms with E-state index in [-0.39, 0.29) is 24.0 Å². The SMILES string of the molecule is CC1=[N+](C)[C@@H](C(C)C)CO1.[I-]. The summed E-state index contributed by atoms with van der Waals surface area (Å²) in [5.41, 5.74) is 0. The monoisotopic (exact) mass is 269 g/mol. The Kier molecular flexibility index (Phi) is 4.36. The Morgan fingerprint density at radius 3 is 2.27 bits per heavy atom. The van der Waals surface area contributed by atoms with Crippen LogP contribution in [0.25, 0.3) is 0 Å². The lowest BCUT2D eigenvalue weighted by Gasteiger charge is -2.07. The number of hydrogen-bond donors (Lipinski definition) is 0. The minimum Gasteiger partial charge on any atom is -1.00 e. The molecule has 0 aromatic carbocycles. The van der Waals surface area contributed by atoms with Crippen molar-refractivity contribution in [2.45, 2.75) is 26.8 Å². The van der Waals surface area contributed by atoms with Gasteiger partial charge in [0.15, 0.2) is 12.6 Å². The molecule has 11 heavy (non-hydrogen) atoms. The Bertz CT molecular complexity index is 165. The fourth-order valence-corrected chi connectivity index (χ4v) is 1.29. The van der Waals surface area contributed by atoms with Gasteiger partial charge >= 0.3 is 5.90 Å². The first kappa shape index (κ1) is 11.2. The van der Waals surface area contributed by atoms with E-state index >= 15 is 0 Å². The van der Waals surface area contributed by atoms with Crippen LogP contribution in [0.15, 0.2) is 0 Å². The number of rotatable bonds is 1. The lowest BCUT2D eigenvalue weighted by molar-refractivity contribution is -0.535. The van der Waals surface area contributed by atoms with Crippen LogP contribution >= 0.6 is 0 Å². The summed E-state index contributed by atoms with van der Waals surface area (Å²) < 4.78 is 7.59. The molecule has 0 radical (unpaired) electrons. The molecule has 1 atom stereocenters. The van der Waals surface area contributed by atoms with Gasteiger partial charge in [-0.15, -0.1) is 0 Å². The Morgan fingerprint density at radius 2 is 2.09 bits per heavy atom. The molecule has 0 fully saturated rings. The van der Waals surface area contributed by atoms with E-state index in [1.54, 1.807) is 0 Å². The summed E-state index contributed by atoms with van der Waals surface area (Å²) in [6, 6.07) is 0.583. The van der Waals surface area contributed by atoms with Crippen LogP contribution in [0.4, 0.5) is 0 Å². The average Bonchev–Trinajstić information content (AvgIpc) is 2.14. The first-order valence-electron chi connectivity index (χ1n) is 3.82. The summed E-state index contributed by atoms with van der Waals surface area (Å²) in [5, 5.41) is 0. The Labute approximate surface area is 85.7 Å². The van der Waals surface area contributed by atoms with Gasteiger partial charge in [0.05, 0.1) is 6.92 Å². The first-order valence-corrected chi connectivity index (χ1v) is 3.82. The van der Waals surface area contributed by atoms with Crippen LogP contribution < -0.4 is 24.0 Å². The van der Waals surface area contributed by atoms with Crippen molar-refractivity contribution in [1.82, 2.24) is 0 Å². The predicted octanol–water partition coefficient (Wildman–Crippen LogP) is -1.89. The predicted molar refractivity (Wildman–Crippen MR) is 41.4 cm³/mol. The maximum Gasteiger partial charge on any atom is 0.333 e. The van der Waals surface area contributed by atoms with Crippen LogP contribution in [0.5, 0.6) is 0 Å². The van der Waals surface area contributed by atoms with E-state index < -0.39 is 0 Å². The molecule has 0 spiro atoms. The molecule has 1 heterocycles. The van der Waals surface area contributed by atoms with Crippen molar-refractivity contribution in [3.8, 4) is 0 Å². The highest BCUT2D eigenvalue weighted by Crippen LogP contribution is 2.11. The van der Waals surface area contributed by atoms with Gasteiger partial charge in [-0.3, -0.25) is 0 Å². The molecule has 3 heteroatoms. The molecule has 0 saturated heterocycles. The normalized spacial score (nSPS) is 23.5. The van der Waals surface area contributed by atoms with E-state index in [0.29, 0.717) is 12.0 Å². The molecule has 0 aliphatic carbocycles. The molecule has 0 N–H and O–H groups in total. The van der Waals surface area contributed by atoms with E-state index in [9.17, 15) is 0 Å². The number of nitrogens with zero attached hydrogens (tertiary/aromatic N) is 1. The molecule has 0 amide bonds. The standard InChI is InChI=1S/C8H16NO.HI/c1-6(2)8-5-10-7(3)9(8)4;/h6,8H,5H2,1-4H3;1H/q+1;/p-1/t8-;/m1./s1. The third kappa shape index (κ3) is 2.32. The first-order chi connectivity index (χ1) is 4.63. The van der Waals surface area contributed by atoms with E-state index in [4.69, 9.17) is 4.74 Å². The average molecular weight is 269 g/mol. The Morgan fingerprint density at radius 1 is 1.55 bits per heavy atom. The highest BCUT2D eigenvalue weighted by Gasteiger charge is 2.31. The number of hydrogen-bond acceptors (Lipinski definition) is 1. The van der Waals surface area contributed by atoms with Crippen LogP contribution in [0.2, 0.25) is 0 Å². The van der Waals surface area contributed by atoms with Gasteiger partial charge in [0.1, 0.15) is 7.05 Å². The molecule has 0 aromatic heterocycles. The van der Waals surface area contributed by atoms with E-state index in [1.165, 1.54) is 0 Å². The lowest BCUT2D eigenvalue weighted by atomic mass is 10.1. The smallest absolute Gasteiger partial charge is 0.333 e. The fraction of sp³-hybridized carbons (Fsp3) is 0.875. The van der Waals surface area contributed by atoms with Gasteiger partial charge in [-0.25, -0.2) is 0 Å². The molecule has 0 bridgehead atoms. The molecule has 1 aliphatic heterocycles. The molecule has 2 nitrogen and oxygen atoms in total. The second-order valence-corrected chi connectivity index (χ2v) is 3.25. The van der Waals surface area contributed by atoms with Crippen LogP contribution in [0.3, 0.4) is 0 Å². The highest BCUT2D eigenvalue weighted by molar-refractivity contribution is 5.68. The molecule has 0 saturated carbocycles. The van der Waals surface area contributed by atoms with Crippen molar-refractivity contribution in [2.24, 2.45) is 5.92 Å². The van der Waals surface area contributed by atoms with Gasteiger partial charge < -0.3 is 28.7 Å². The minimum absolute atomic E-state index is 0. The summed E-state index contributed by atoms with van der Waals surface area (Å²) in [5.74, 6) is 1.74. The van der Waals surface area contributed by atoms with E-state index in [1.807, 2.05) is 6.92 Å². The quantitative estimate of drug-likeness (QED) is 0.400. The van der Waals surface area contributed by atoms with E-state index in [2.05, 4.69) is 25.5 Å². The van der Waals surface area contributed by atoms with Crippen molar-refractivity contribution in [3.63, 3.8) is 0 Å². The van der Waals surface area contributed by atoms with Gasteiger partial charge in [-0.2, -0.15) is 4.58 Å². The molecular formula is C8H16INO.